The molecule has 0 spiro atoms. The van der Waals surface area contributed by atoms with Gasteiger partial charge in [0.2, 0.25) is 0 Å². The lowest BCUT2D eigenvalue weighted by Gasteiger charge is -2.50. The van der Waals surface area contributed by atoms with Crippen molar-refractivity contribution in [2.24, 2.45) is 5.92 Å². The Bertz CT molecular complexity index is 1110. The molecule has 3 aliphatic rings. The summed E-state index contributed by atoms with van der Waals surface area (Å²) in [5.74, 6) is 1.14. The maximum Gasteiger partial charge on any atom is 0.408 e. The number of carbonyl (C=O) groups is 1. The summed E-state index contributed by atoms with van der Waals surface area (Å²) in [5.41, 5.74) is 2.98. The average Bonchev–Trinajstić information content (AvgIpc) is 2.88. The molecule has 6 rings (SSSR count). The molecular weight excluding hydrogens is 492 g/mol. The van der Waals surface area contributed by atoms with Crippen LogP contribution in [0.1, 0.15) is 35.6 Å². The van der Waals surface area contributed by atoms with E-state index in [1.807, 2.05) is 78.9 Å². The molecule has 2 atom stereocenters. The van der Waals surface area contributed by atoms with Crippen LogP contribution in [0.4, 0.5) is 4.79 Å². The van der Waals surface area contributed by atoms with Crippen LogP contribution in [0.5, 0.6) is 5.75 Å². The highest BCUT2D eigenvalue weighted by atomic mass is 79.9. The number of fused-ring (bicyclic) bond motifs is 3. The molecule has 3 aliphatic heterocycles. The van der Waals surface area contributed by atoms with Crippen molar-refractivity contribution < 1.29 is 14.6 Å². The van der Waals surface area contributed by atoms with E-state index < -0.39 is 6.09 Å². The van der Waals surface area contributed by atoms with Crippen LogP contribution < -0.4 is 4.74 Å². The number of ether oxygens (including phenoxy) is 1. The summed E-state index contributed by atoms with van der Waals surface area (Å²) in [7, 11) is 0. The number of benzene rings is 3. The first-order chi connectivity index (χ1) is 16.6. The lowest BCUT2D eigenvalue weighted by molar-refractivity contribution is -0.000811. The minimum Gasteiger partial charge on any atom is -0.489 e. The smallest absolute Gasteiger partial charge is 0.408 e. The molecular formula is C28H29BrN2O3. The summed E-state index contributed by atoms with van der Waals surface area (Å²) in [6.07, 6.45) is 1.26. The molecule has 3 aromatic rings. The van der Waals surface area contributed by atoms with Crippen LogP contribution >= 0.6 is 15.9 Å². The molecule has 5 nitrogen and oxygen atoms in total. The van der Waals surface area contributed by atoms with Crippen LogP contribution in [-0.2, 0) is 6.61 Å². The van der Waals surface area contributed by atoms with E-state index >= 15 is 0 Å². The summed E-state index contributed by atoms with van der Waals surface area (Å²) in [5, 5.41) is 10.5. The molecule has 3 fully saturated rings. The Morgan fingerprint density at radius 3 is 2.35 bits per heavy atom. The Morgan fingerprint density at radius 2 is 1.71 bits per heavy atom. The number of hydrogen-bond donors (Lipinski definition) is 1. The predicted octanol–water partition coefficient (Wildman–Crippen LogP) is 6.19. The average molecular weight is 521 g/mol. The molecule has 0 aliphatic carbocycles. The Labute approximate surface area is 209 Å². The summed E-state index contributed by atoms with van der Waals surface area (Å²) in [6.45, 7) is 3.41. The third kappa shape index (κ3) is 4.98. The Hall–Kier alpha value is -2.83. The number of nitrogens with zero attached hydrogens (tertiary/aromatic N) is 2. The van der Waals surface area contributed by atoms with Crippen LogP contribution in [0.25, 0.3) is 0 Å². The second-order valence-electron chi connectivity index (χ2n) is 9.20. The fourth-order valence-corrected chi connectivity index (χ4v) is 5.63. The lowest BCUT2D eigenvalue weighted by atomic mass is 9.81. The van der Waals surface area contributed by atoms with Crippen LogP contribution in [0.2, 0.25) is 0 Å². The van der Waals surface area contributed by atoms with Gasteiger partial charge in [0.1, 0.15) is 12.4 Å². The molecule has 176 valence electrons. The summed E-state index contributed by atoms with van der Waals surface area (Å²) < 4.78 is 7.14. The molecule has 0 unspecified atom stereocenters. The van der Waals surface area contributed by atoms with Gasteiger partial charge in [-0.1, -0.05) is 70.5 Å². The quantitative estimate of drug-likeness (QED) is 0.403. The topological polar surface area (TPSA) is 53.0 Å². The number of rotatable bonds is 7. The SMILES string of the molecule is O=C(O)N([C@@H](c1ccccc1)c1cccc(OCc2ccc(Br)cc2)c1)[C@H]1CN2CCC1CC2. The minimum absolute atomic E-state index is 0.0162. The normalized spacial score (nSPS) is 22.2. The zero-order valence-electron chi connectivity index (χ0n) is 19.0. The van der Waals surface area contributed by atoms with Gasteiger partial charge in [0.25, 0.3) is 0 Å². The van der Waals surface area contributed by atoms with Gasteiger partial charge in [0, 0.05) is 11.0 Å². The number of hydrogen-bond acceptors (Lipinski definition) is 3. The number of carboxylic acid groups (broad SMARTS) is 1. The van der Waals surface area contributed by atoms with E-state index in [0.29, 0.717) is 12.5 Å². The molecule has 3 saturated heterocycles. The number of piperidine rings is 3. The largest absolute Gasteiger partial charge is 0.489 e. The maximum absolute atomic E-state index is 12.8. The molecule has 1 N–H and O–H groups in total. The van der Waals surface area contributed by atoms with Crippen molar-refractivity contribution in [2.75, 3.05) is 19.6 Å². The van der Waals surface area contributed by atoms with E-state index in [-0.39, 0.29) is 12.1 Å². The third-order valence-corrected chi connectivity index (χ3v) is 7.61. The van der Waals surface area contributed by atoms with Gasteiger partial charge in [-0.05, 0) is 72.8 Å². The molecule has 1 amide bonds. The van der Waals surface area contributed by atoms with Crippen molar-refractivity contribution >= 4 is 22.0 Å². The minimum atomic E-state index is -0.867. The fraction of sp³-hybridized carbons (Fsp3) is 0.321. The summed E-state index contributed by atoms with van der Waals surface area (Å²) in [6, 6.07) is 25.5. The number of halogens is 1. The van der Waals surface area contributed by atoms with E-state index in [0.717, 1.165) is 59.4 Å². The molecule has 0 saturated carbocycles. The van der Waals surface area contributed by atoms with E-state index in [1.54, 1.807) is 4.90 Å². The monoisotopic (exact) mass is 520 g/mol. The molecule has 34 heavy (non-hydrogen) atoms. The first kappa shape index (κ1) is 22.9. The summed E-state index contributed by atoms with van der Waals surface area (Å²) in [4.78, 5) is 16.9. The van der Waals surface area contributed by atoms with Gasteiger partial charge in [-0.15, -0.1) is 0 Å². The van der Waals surface area contributed by atoms with Crippen molar-refractivity contribution in [3.8, 4) is 5.75 Å². The Balaban J connectivity index is 1.46. The highest BCUT2D eigenvalue weighted by molar-refractivity contribution is 9.10. The van der Waals surface area contributed by atoms with E-state index in [9.17, 15) is 9.90 Å². The second-order valence-corrected chi connectivity index (χ2v) is 10.1. The molecule has 0 radical (unpaired) electrons. The molecule has 3 heterocycles. The van der Waals surface area contributed by atoms with Gasteiger partial charge in [0.15, 0.2) is 0 Å². The zero-order valence-corrected chi connectivity index (χ0v) is 20.6. The lowest BCUT2D eigenvalue weighted by Crippen LogP contribution is -2.59. The zero-order chi connectivity index (χ0) is 23.5. The fourth-order valence-electron chi connectivity index (χ4n) is 5.36. The van der Waals surface area contributed by atoms with E-state index in [1.165, 1.54) is 0 Å². The van der Waals surface area contributed by atoms with Gasteiger partial charge in [-0.2, -0.15) is 0 Å². The molecule has 2 bridgehead atoms. The first-order valence-corrected chi connectivity index (χ1v) is 12.6. The van der Waals surface area contributed by atoms with Gasteiger partial charge in [-0.3, -0.25) is 4.90 Å². The van der Waals surface area contributed by atoms with Gasteiger partial charge in [-0.25, -0.2) is 4.79 Å². The van der Waals surface area contributed by atoms with Crippen molar-refractivity contribution in [1.82, 2.24) is 9.80 Å². The Morgan fingerprint density at radius 1 is 1.00 bits per heavy atom. The van der Waals surface area contributed by atoms with Gasteiger partial charge >= 0.3 is 6.09 Å². The molecule has 0 aromatic heterocycles. The first-order valence-electron chi connectivity index (χ1n) is 11.8. The highest BCUT2D eigenvalue weighted by Crippen LogP contribution is 2.39. The predicted molar refractivity (Wildman–Crippen MR) is 136 cm³/mol. The highest BCUT2D eigenvalue weighted by Gasteiger charge is 2.43. The Kier molecular flexibility index (Phi) is 6.88. The van der Waals surface area contributed by atoms with Crippen LogP contribution in [0, 0.1) is 5.92 Å². The third-order valence-electron chi connectivity index (χ3n) is 7.09. The van der Waals surface area contributed by atoms with Crippen molar-refractivity contribution in [3.05, 3.63) is 100 Å². The number of amides is 1. The van der Waals surface area contributed by atoms with E-state index in [4.69, 9.17) is 4.74 Å². The van der Waals surface area contributed by atoms with E-state index in [2.05, 4.69) is 20.8 Å². The van der Waals surface area contributed by atoms with Crippen LogP contribution in [0.3, 0.4) is 0 Å². The van der Waals surface area contributed by atoms with Crippen molar-refractivity contribution in [2.45, 2.75) is 31.5 Å². The van der Waals surface area contributed by atoms with Crippen molar-refractivity contribution in [1.29, 1.82) is 0 Å². The second kappa shape index (κ2) is 10.2. The maximum atomic E-state index is 12.8. The van der Waals surface area contributed by atoms with Crippen LogP contribution in [-0.4, -0.2) is 46.7 Å². The van der Waals surface area contributed by atoms with Gasteiger partial charge in [0.05, 0.1) is 12.1 Å². The standard InChI is InChI=1S/C28H29BrN2O3/c29-24-11-9-20(10-12-24)19-34-25-8-4-7-23(17-25)27(22-5-2-1-3-6-22)31(28(32)33)26-18-30-15-13-21(26)14-16-30/h1-12,17,21,26-27H,13-16,18-19H2,(H,32,33)/t26-,27-/m0/s1. The molecule has 6 heteroatoms. The van der Waals surface area contributed by atoms with Crippen LogP contribution in [0.15, 0.2) is 83.3 Å². The van der Waals surface area contributed by atoms with Crippen molar-refractivity contribution in [3.63, 3.8) is 0 Å². The summed E-state index contributed by atoms with van der Waals surface area (Å²) >= 11 is 3.46. The molecule has 3 aromatic carbocycles. The van der Waals surface area contributed by atoms with Gasteiger partial charge < -0.3 is 14.7 Å².